The van der Waals surface area contributed by atoms with Crippen molar-refractivity contribution < 1.29 is 9.90 Å². The molecular formula is C12H13N3O2. The second-order valence-electron chi connectivity index (χ2n) is 3.73. The van der Waals surface area contributed by atoms with Crippen molar-refractivity contribution in [2.75, 3.05) is 17.7 Å². The highest BCUT2D eigenvalue weighted by atomic mass is 16.3. The van der Waals surface area contributed by atoms with Gasteiger partial charge in [0, 0.05) is 24.6 Å². The molecule has 5 heteroatoms. The summed E-state index contributed by atoms with van der Waals surface area (Å²) in [5, 5.41) is 9.17. The molecule has 0 saturated heterocycles. The highest BCUT2D eigenvalue weighted by Crippen LogP contribution is 2.19. The molecule has 0 radical (unpaired) electrons. The van der Waals surface area contributed by atoms with Crippen LogP contribution in [0, 0.1) is 0 Å². The first-order valence-electron chi connectivity index (χ1n) is 5.09. The van der Waals surface area contributed by atoms with E-state index in [2.05, 4.69) is 4.98 Å². The zero-order valence-corrected chi connectivity index (χ0v) is 9.34. The van der Waals surface area contributed by atoms with Gasteiger partial charge in [-0.25, -0.2) is 0 Å². The SMILES string of the molecule is CN(C(=O)c1cc(N)c[nH]1)c1ccc(O)cc1. The Morgan fingerprint density at radius 2 is 2.00 bits per heavy atom. The molecule has 5 nitrogen and oxygen atoms in total. The number of hydrogen-bond donors (Lipinski definition) is 3. The van der Waals surface area contributed by atoms with E-state index in [-0.39, 0.29) is 11.7 Å². The van der Waals surface area contributed by atoms with Gasteiger partial charge in [0.25, 0.3) is 5.91 Å². The molecule has 1 aromatic heterocycles. The molecule has 2 rings (SSSR count). The zero-order chi connectivity index (χ0) is 12.4. The number of aromatic nitrogens is 1. The van der Waals surface area contributed by atoms with Gasteiger partial charge in [0.05, 0.1) is 0 Å². The van der Waals surface area contributed by atoms with Crippen LogP contribution in [-0.2, 0) is 0 Å². The van der Waals surface area contributed by atoms with Gasteiger partial charge in [-0.3, -0.25) is 4.79 Å². The molecule has 1 aromatic carbocycles. The molecule has 0 unspecified atom stereocenters. The lowest BCUT2D eigenvalue weighted by molar-refractivity contribution is 0.0989. The van der Waals surface area contributed by atoms with Crippen molar-refractivity contribution in [3.05, 3.63) is 42.2 Å². The predicted molar refractivity (Wildman–Crippen MR) is 66.0 cm³/mol. The van der Waals surface area contributed by atoms with Gasteiger partial charge in [0.2, 0.25) is 0 Å². The number of amides is 1. The molecule has 0 aliphatic heterocycles. The van der Waals surface area contributed by atoms with Gasteiger partial charge < -0.3 is 20.7 Å². The van der Waals surface area contributed by atoms with Crippen LogP contribution in [-0.4, -0.2) is 23.0 Å². The Balaban J connectivity index is 2.23. The first-order chi connectivity index (χ1) is 8.08. The van der Waals surface area contributed by atoms with E-state index in [1.165, 1.54) is 17.0 Å². The van der Waals surface area contributed by atoms with Gasteiger partial charge in [-0.15, -0.1) is 0 Å². The van der Waals surface area contributed by atoms with E-state index in [9.17, 15) is 9.90 Å². The second-order valence-corrected chi connectivity index (χ2v) is 3.73. The van der Waals surface area contributed by atoms with Crippen LogP contribution in [0.2, 0.25) is 0 Å². The van der Waals surface area contributed by atoms with E-state index in [1.54, 1.807) is 31.4 Å². The fourth-order valence-electron chi connectivity index (χ4n) is 1.51. The number of anilines is 2. The van der Waals surface area contributed by atoms with Crippen LogP contribution in [0.3, 0.4) is 0 Å². The molecule has 88 valence electrons. The Morgan fingerprint density at radius 1 is 1.35 bits per heavy atom. The fraction of sp³-hybridized carbons (Fsp3) is 0.0833. The summed E-state index contributed by atoms with van der Waals surface area (Å²) < 4.78 is 0. The number of carbonyl (C=O) groups excluding carboxylic acids is 1. The number of aromatic hydroxyl groups is 1. The molecule has 4 N–H and O–H groups in total. The summed E-state index contributed by atoms with van der Waals surface area (Å²) in [6.45, 7) is 0. The third-order valence-corrected chi connectivity index (χ3v) is 2.48. The number of benzene rings is 1. The zero-order valence-electron chi connectivity index (χ0n) is 9.34. The monoisotopic (exact) mass is 231 g/mol. The number of hydrogen-bond acceptors (Lipinski definition) is 3. The van der Waals surface area contributed by atoms with Gasteiger partial charge in [0.1, 0.15) is 11.4 Å². The standard InChI is InChI=1S/C12H13N3O2/c1-15(9-2-4-10(16)5-3-9)12(17)11-6-8(13)7-14-11/h2-7,14,16H,13H2,1H3. The maximum atomic E-state index is 12.0. The number of phenolic OH excluding ortho intramolecular Hbond substituents is 1. The lowest BCUT2D eigenvalue weighted by atomic mass is 10.2. The van der Waals surface area contributed by atoms with Gasteiger partial charge in [-0.05, 0) is 30.3 Å². The summed E-state index contributed by atoms with van der Waals surface area (Å²) in [6.07, 6.45) is 1.57. The Bertz CT molecular complexity index is 531. The minimum Gasteiger partial charge on any atom is -0.508 e. The maximum absolute atomic E-state index is 12.0. The third-order valence-electron chi connectivity index (χ3n) is 2.48. The van der Waals surface area contributed by atoms with E-state index in [0.29, 0.717) is 17.1 Å². The van der Waals surface area contributed by atoms with Gasteiger partial charge in [-0.1, -0.05) is 0 Å². The Morgan fingerprint density at radius 3 is 2.53 bits per heavy atom. The number of aromatic amines is 1. The van der Waals surface area contributed by atoms with Crippen molar-refractivity contribution in [2.45, 2.75) is 0 Å². The van der Waals surface area contributed by atoms with Crippen LogP contribution in [0.5, 0.6) is 5.75 Å². The maximum Gasteiger partial charge on any atom is 0.274 e. The molecular weight excluding hydrogens is 218 g/mol. The molecule has 0 atom stereocenters. The second kappa shape index (κ2) is 4.21. The highest BCUT2D eigenvalue weighted by Gasteiger charge is 2.14. The van der Waals surface area contributed by atoms with Gasteiger partial charge in [0.15, 0.2) is 0 Å². The van der Waals surface area contributed by atoms with Crippen molar-refractivity contribution in [1.82, 2.24) is 4.98 Å². The van der Waals surface area contributed by atoms with Gasteiger partial charge in [-0.2, -0.15) is 0 Å². The first kappa shape index (κ1) is 11.1. The van der Waals surface area contributed by atoms with E-state index in [4.69, 9.17) is 5.73 Å². The number of nitrogen functional groups attached to an aromatic ring is 1. The van der Waals surface area contributed by atoms with Crippen molar-refractivity contribution in [2.24, 2.45) is 0 Å². The van der Waals surface area contributed by atoms with E-state index < -0.39 is 0 Å². The summed E-state index contributed by atoms with van der Waals surface area (Å²) in [4.78, 5) is 16.3. The molecule has 2 aromatic rings. The van der Waals surface area contributed by atoms with Crippen molar-refractivity contribution in [1.29, 1.82) is 0 Å². The molecule has 0 aliphatic rings. The van der Waals surface area contributed by atoms with Crippen molar-refractivity contribution in [3.63, 3.8) is 0 Å². The number of rotatable bonds is 2. The summed E-state index contributed by atoms with van der Waals surface area (Å²) >= 11 is 0. The average molecular weight is 231 g/mol. The molecule has 1 amide bonds. The van der Waals surface area contributed by atoms with Crippen molar-refractivity contribution in [3.8, 4) is 5.75 Å². The molecule has 1 heterocycles. The van der Waals surface area contributed by atoms with Crippen LogP contribution in [0.1, 0.15) is 10.5 Å². The Kier molecular flexibility index (Phi) is 2.74. The minimum absolute atomic E-state index is 0.165. The summed E-state index contributed by atoms with van der Waals surface area (Å²) in [6, 6.07) is 7.97. The normalized spacial score (nSPS) is 10.2. The molecule has 0 bridgehead atoms. The largest absolute Gasteiger partial charge is 0.508 e. The van der Waals surface area contributed by atoms with Crippen LogP contribution >= 0.6 is 0 Å². The number of nitrogens with zero attached hydrogens (tertiary/aromatic N) is 1. The first-order valence-corrected chi connectivity index (χ1v) is 5.09. The lowest BCUT2D eigenvalue weighted by Crippen LogP contribution is -2.26. The number of H-pyrrole nitrogens is 1. The lowest BCUT2D eigenvalue weighted by Gasteiger charge is -2.16. The predicted octanol–water partition coefficient (Wildman–Crippen LogP) is 1.58. The van der Waals surface area contributed by atoms with E-state index in [0.717, 1.165) is 0 Å². The van der Waals surface area contributed by atoms with Crippen LogP contribution in [0.4, 0.5) is 11.4 Å². The molecule has 0 fully saturated rings. The number of nitrogens with two attached hydrogens (primary N) is 1. The third kappa shape index (κ3) is 2.23. The minimum atomic E-state index is -0.188. The number of phenols is 1. The van der Waals surface area contributed by atoms with Crippen LogP contribution in [0.25, 0.3) is 0 Å². The quantitative estimate of drug-likeness (QED) is 0.733. The average Bonchev–Trinajstić information content (AvgIpc) is 2.75. The Hall–Kier alpha value is -2.43. The van der Waals surface area contributed by atoms with Crippen molar-refractivity contribution >= 4 is 17.3 Å². The number of nitrogens with one attached hydrogen (secondary N) is 1. The molecule has 0 saturated carbocycles. The molecule has 17 heavy (non-hydrogen) atoms. The summed E-state index contributed by atoms with van der Waals surface area (Å²) in [7, 11) is 1.66. The highest BCUT2D eigenvalue weighted by molar-refractivity contribution is 6.05. The number of carbonyl (C=O) groups is 1. The summed E-state index contributed by atoms with van der Waals surface area (Å²) in [5.41, 5.74) is 7.18. The molecule has 0 spiro atoms. The topological polar surface area (TPSA) is 82.3 Å². The fourth-order valence-corrected chi connectivity index (χ4v) is 1.51. The van der Waals surface area contributed by atoms with E-state index >= 15 is 0 Å². The smallest absolute Gasteiger partial charge is 0.274 e. The Labute approximate surface area is 98.5 Å². The van der Waals surface area contributed by atoms with Crippen LogP contribution in [0.15, 0.2) is 36.5 Å². The van der Waals surface area contributed by atoms with Gasteiger partial charge >= 0.3 is 0 Å². The summed E-state index contributed by atoms with van der Waals surface area (Å²) in [5.74, 6) is -0.0221. The van der Waals surface area contributed by atoms with Crippen LogP contribution < -0.4 is 10.6 Å². The van der Waals surface area contributed by atoms with E-state index in [1.807, 2.05) is 0 Å². The molecule has 0 aliphatic carbocycles.